The van der Waals surface area contributed by atoms with Gasteiger partial charge in [-0.2, -0.15) is 0 Å². The Morgan fingerprint density at radius 2 is 1.11 bits per heavy atom. The second-order valence-electron chi connectivity index (χ2n) is 15.2. The fourth-order valence-electron chi connectivity index (χ4n) is 9.82. The maximum absolute atomic E-state index is 2.45. The highest BCUT2D eigenvalue weighted by molar-refractivity contribution is 6.98. The monoisotopic (exact) mass is 700 g/mol. The van der Waals surface area contributed by atoms with Crippen LogP contribution in [0.3, 0.4) is 0 Å². The average Bonchev–Trinajstić information content (AvgIpc) is 3.33. The first-order chi connectivity index (χ1) is 27.1. The van der Waals surface area contributed by atoms with E-state index in [0.717, 1.165) is 6.42 Å². The van der Waals surface area contributed by atoms with Crippen LogP contribution in [0.15, 0.2) is 206 Å². The first kappa shape index (κ1) is 33.2. The molecular formula is C54H41B. The summed E-state index contributed by atoms with van der Waals surface area (Å²) in [6.45, 7) is 4.61. The van der Waals surface area contributed by atoms with Crippen LogP contribution in [0.25, 0.3) is 38.2 Å². The summed E-state index contributed by atoms with van der Waals surface area (Å²) >= 11 is 0. The van der Waals surface area contributed by atoms with Crippen molar-refractivity contribution in [3.8, 4) is 11.1 Å². The SMILES string of the molecule is Cc1ccc2ccccc2c1B(c1cccc(-c2ccc(C3(c4ccccc4)C4=C(C=CC=CC4)c4ccccc43)cc2)c1)c1c(C)ccc2ccccc12. The Morgan fingerprint density at radius 3 is 1.82 bits per heavy atom. The molecule has 2 aliphatic carbocycles. The van der Waals surface area contributed by atoms with Gasteiger partial charge in [0.15, 0.2) is 0 Å². The molecule has 0 spiro atoms. The van der Waals surface area contributed by atoms with Gasteiger partial charge in [0.1, 0.15) is 0 Å². The van der Waals surface area contributed by atoms with E-state index in [9.17, 15) is 0 Å². The number of rotatable bonds is 6. The van der Waals surface area contributed by atoms with Gasteiger partial charge in [0.2, 0.25) is 6.71 Å². The van der Waals surface area contributed by atoms with Gasteiger partial charge in [0, 0.05) is 0 Å². The first-order valence-electron chi connectivity index (χ1n) is 19.5. The molecular weight excluding hydrogens is 659 g/mol. The van der Waals surface area contributed by atoms with Crippen LogP contribution in [0.1, 0.15) is 39.8 Å². The molecule has 10 rings (SSSR count). The Kier molecular flexibility index (Phi) is 8.11. The summed E-state index contributed by atoms with van der Waals surface area (Å²) in [4.78, 5) is 0. The van der Waals surface area contributed by atoms with Gasteiger partial charge >= 0.3 is 0 Å². The van der Waals surface area contributed by atoms with Crippen molar-refractivity contribution in [2.75, 3.05) is 0 Å². The summed E-state index contributed by atoms with van der Waals surface area (Å²) in [6.07, 6.45) is 9.92. The van der Waals surface area contributed by atoms with Crippen LogP contribution in [-0.4, -0.2) is 6.71 Å². The van der Waals surface area contributed by atoms with Crippen LogP contribution >= 0.6 is 0 Å². The van der Waals surface area contributed by atoms with Crippen molar-refractivity contribution >= 4 is 50.2 Å². The topological polar surface area (TPSA) is 0 Å². The molecule has 0 aromatic heterocycles. The molecule has 0 heterocycles. The Balaban J connectivity index is 1.15. The Bertz CT molecular complexity index is 2770. The third-order valence-electron chi connectivity index (χ3n) is 12.3. The van der Waals surface area contributed by atoms with Crippen LogP contribution in [-0.2, 0) is 5.41 Å². The number of fused-ring (bicyclic) bond motifs is 4. The van der Waals surface area contributed by atoms with Crippen molar-refractivity contribution < 1.29 is 0 Å². The lowest BCUT2D eigenvalue weighted by Gasteiger charge is -2.35. The third-order valence-corrected chi connectivity index (χ3v) is 12.3. The highest BCUT2D eigenvalue weighted by Gasteiger charge is 2.46. The summed E-state index contributed by atoms with van der Waals surface area (Å²) in [5.74, 6) is 0. The Labute approximate surface area is 324 Å². The molecule has 1 unspecified atom stereocenters. The summed E-state index contributed by atoms with van der Waals surface area (Å²) in [7, 11) is 0. The van der Waals surface area contributed by atoms with Crippen molar-refractivity contribution in [2.45, 2.75) is 25.7 Å². The van der Waals surface area contributed by atoms with Crippen molar-refractivity contribution in [1.82, 2.24) is 0 Å². The van der Waals surface area contributed by atoms with Crippen LogP contribution < -0.4 is 16.4 Å². The van der Waals surface area contributed by atoms with Crippen LogP contribution in [0, 0.1) is 13.8 Å². The van der Waals surface area contributed by atoms with E-state index in [4.69, 9.17) is 0 Å². The van der Waals surface area contributed by atoms with Crippen LogP contribution in [0.2, 0.25) is 0 Å². The minimum Gasteiger partial charge on any atom is -0.0804 e. The van der Waals surface area contributed by atoms with E-state index in [1.807, 2.05) is 0 Å². The summed E-state index contributed by atoms with van der Waals surface area (Å²) in [5, 5.41) is 5.18. The Morgan fingerprint density at radius 1 is 0.491 bits per heavy atom. The first-order valence-corrected chi connectivity index (χ1v) is 19.5. The van der Waals surface area contributed by atoms with Gasteiger partial charge in [-0.25, -0.2) is 0 Å². The number of hydrogen-bond donors (Lipinski definition) is 0. The van der Waals surface area contributed by atoms with E-state index >= 15 is 0 Å². The predicted molar refractivity (Wildman–Crippen MR) is 236 cm³/mol. The van der Waals surface area contributed by atoms with Gasteiger partial charge in [0.25, 0.3) is 0 Å². The highest BCUT2D eigenvalue weighted by atomic mass is 14.5. The van der Waals surface area contributed by atoms with E-state index in [1.165, 1.54) is 93.6 Å². The largest absolute Gasteiger partial charge is 0.243 e. The fourth-order valence-corrected chi connectivity index (χ4v) is 9.82. The number of aryl methyl sites for hydroxylation is 2. The molecule has 0 saturated carbocycles. The lowest BCUT2D eigenvalue weighted by atomic mass is 9.34. The van der Waals surface area contributed by atoms with E-state index in [2.05, 4.69) is 214 Å². The minimum atomic E-state index is -0.379. The molecule has 8 aromatic carbocycles. The minimum absolute atomic E-state index is 0.0504. The molecule has 260 valence electrons. The van der Waals surface area contributed by atoms with Crippen LogP contribution in [0.5, 0.6) is 0 Å². The molecule has 0 bridgehead atoms. The molecule has 0 aliphatic heterocycles. The van der Waals surface area contributed by atoms with Crippen molar-refractivity contribution in [2.24, 2.45) is 0 Å². The number of allylic oxidation sites excluding steroid dienone is 6. The number of benzene rings is 8. The lowest BCUT2D eigenvalue weighted by Crippen LogP contribution is -2.54. The molecule has 0 N–H and O–H groups in total. The quantitative estimate of drug-likeness (QED) is 0.152. The second-order valence-corrected chi connectivity index (χ2v) is 15.2. The molecule has 0 fully saturated rings. The zero-order valence-corrected chi connectivity index (χ0v) is 31.3. The van der Waals surface area contributed by atoms with Crippen LogP contribution in [0.4, 0.5) is 0 Å². The van der Waals surface area contributed by atoms with Gasteiger partial charge < -0.3 is 0 Å². The molecule has 0 amide bonds. The molecule has 1 heteroatoms. The summed E-state index contributed by atoms with van der Waals surface area (Å²) < 4.78 is 0. The van der Waals surface area contributed by atoms with E-state index in [-0.39, 0.29) is 12.1 Å². The summed E-state index contributed by atoms with van der Waals surface area (Å²) in [5.41, 5.74) is 16.8. The molecule has 0 radical (unpaired) electrons. The van der Waals surface area contributed by atoms with Gasteiger partial charge in [0.05, 0.1) is 5.41 Å². The van der Waals surface area contributed by atoms with Crippen molar-refractivity contribution in [3.05, 3.63) is 239 Å². The fraction of sp³-hybridized carbons (Fsp3) is 0.0741. The lowest BCUT2D eigenvalue weighted by molar-refractivity contribution is 0.725. The average molecular weight is 701 g/mol. The van der Waals surface area contributed by atoms with E-state index < -0.39 is 0 Å². The van der Waals surface area contributed by atoms with Gasteiger partial charge in [-0.05, 0) is 86.3 Å². The molecule has 0 saturated heterocycles. The zero-order chi connectivity index (χ0) is 36.9. The molecule has 2 aliphatic rings. The molecule has 0 nitrogen and oxygen atoms in total. The maximum atomic E-state index is 2.45. The smallest absolute Gasteiger partial charge is 0.0804 e. The van der Waals surface area contributed by atoms with Crippen molar-refractivity contribution in [3.63, 3.8) is 0 Å². The number of hydrogen-bond acceptors (Lipinski definition) is 0. The normalized spacial score (nSPS) is 16.0. The van der Waals surface area contributed by atoms with Gasteiger partial charge in [-0.15, -0.1) is 0 Å². The van der Waals surface area contributed by atoms with E-state index in [1.54, 1.807) is 0 Å². The third kappa shape index (κ3) is 5.30. The molecule has 1 atom stereocenters. The standard InChI is InChI=1S/C54H41B/c1-37-28-30-40-16-9-11-22-46(40)52(37)55(53-38(2)29-31-41-17-10-12-23-47(41)53)45-21-15-18-42(36-45)39-32-34-44(35-33-39)54(43-19-5-3-6-20-43)50-26-8-4-7-24-48(50)49-25-13-14-27-51(49)54/h3-25,27-36H,26H2,1-2H3. The molecule has 55 heavy (non-hydrogen) atoms. The summed E-state index contributed by atoms with van der Waals surface area (Å²) in [6, 6.07) is 65.9. The Hall–Kier alpha value is -6.44. The van der Waals surface area contributed by atoms with E-state index in [0.29, 0.717) is 0 Å². The maximum Gasteiger partial charge on any atom is 0.243 e. The molecule has 8 aromatic rings. The predicted octanol–water partition coefficient (Wildman–Crippen LogP) is 11.4. The van der Waals surface area contributed by atoms with Gasteiger partial charge in [-0.3, -0.25) is 0 Å². The second kappa shape index (κ2) is 13.5. The van der Waals surface area contributed by atoms with Crippen molar-refractivity contribution in [1.29, 1.82) is 0 Å². The zero-order valence-electron chi connectivity index (χ0n) is 31.3. The van der Waals surface area contributed by atoms with Gasteiger partial charge in [-0.1, -0.05) is 228 Å². The highest BCUT2D eigenvalue weighted by Crippen LogP contribution is 2.56.